The first-order valence-corrected chi connectivity index (χ1v) is 11.3. The Labute approximate surface area is 171 Å². The molecule has 5 nitrogen and oxygen atoms in total. The normalized spacial score (nSPS) is 29.5. The minimum atomic E-state index is -0.256. The van der Waals surface area contributed by atoms with Crippen molar-refractivity contribution in [2.75, 3.05) is 13.1 Å². The van der Waals surface area contributed by atoms with E-state index in [1.807, 2.05) is 18.2 Å². The van der Waals surface area contributed by atoms with Crippen molar-refractivity contribution in [2.24, 2.45) is 0 Å². The molecule has 3 unspecified atom stereocenters. The van der Waals surface area contributed by atoms with Gasteiger partial charge in [0.1, 0.15) is 17.2 Å². The van der Waals surface area contributed by atoms with Gasteiger partial charge in [0.2, 0.25) is 0 Å². The Hall–Kier alpha value is -1.80. The third-order valence-electron chi connectivity index (χ3n) is 6.22. The lowest BCUT2D eigenvalue weighted by molar-refractivity contribution is 0.0598. The summed E-state index contributed by atoms with van der Waals surface area (Å²) in [5.41, 5.74) is 1.90. The fourth-order valence-electron chi connectivity index (χ4n) is 4.93. The van der Waals surface area contributed by atoms with E-state index in [2.05, 4.69) is 23.2 Å². The average Bonchev–Trinajstić information content (AvgIpc) is 3.45. The van der Waals surface area contributed by atoms with Crippen LogP contribution in [0.4, 0.5) is 0 Å². The van der Waals surface area contributed by atoms with Gasteiger partial charge < -0.3 is 8.83 Å². The first-order chi connectivity index (χ1) is 13.6. The van der Waals surface area contributed by atoms with Crippen LogP contribution in [0.15, 0.2) is 49.8 Å². The van der Waals surface area contributed by atoms with Gasteiger partial charge in [-0.2, -0.15) is 0 Å². The third kappa shape index (κ3) is 2.30. The highest BCUT2D eigenvalue weighted by molar-refractivity contribution is 8.01. The van der Waals surface area contributed by atoms with Gasteiger partial charge in [-0.25, -0.2) is 0 Å². The molecule has 1 saturated heterocycles. The smallest absolute Gasteiger partial charge is 0.166 e. The van der Waals surface area contributed by atoms with Crippen LogP contribution in [0.2, 0.25) is 0 Å². The largest absolute Gasteiger partial charge is 0.468 e. The number of carbonyl (C=O) groups is 1. The molecule has 0 bridgehead atoms. The van der Waals surface area contributed by atoms with Crippen LogP contribution in [-0.4, -0.2) is 23.8 Å². The maximum atomic E-state index is 13.2. The van der Waals surface area contributed by atoms with Crippen LogP contribution >= 0.6 is 23.1 Å². The number of hydrogen-bond acceptors (Lipinski definition) is 7. The average molecular weight is 413 g/mol. The summed E-state index contributed by atoms with van der Waals surface area (Å²) >= 11 is 3.56. The number of thioether (sulfide) groups is 1. The van der Waals surface area contributed by atoms with Crippen LogP contribution in [0, 0.1) is 0 Å². The predicted octanol–water partition coefficient (Wildman–Crippen LogP) is 4.73. The van der Waals surface area contributed by atoms with Crippen LogP contribution in [0.1, 0.15) is 57.0 Å². The van der Waals surface area contributed by atoms with Gasteiger partial charge in [0.15, 0.2) is 5.78 Å². The molecule has 3 aliphatic rings. The van der Waals surface area contributed by atoms with E-state index in [0.717, 1.165) is 40.8 Å². The topological polar surface area (TPSA) is 58.6 Å². The van der Waals surface area contributed by atoms with Crippen molar-refractivity contribution < 1.29 is 13.6 Å². The summed E-state index contributed by atoms with van der Waals surface area (Å²) in [4.78, 5) is 17.0. The molecule has 6 rings (SSSR count). The Kier molecular flexibility index (Phi) is 3.72. The number of ketones is 1. The number of fused-ring (bicyclic) bond motifs is 5. The van der Waals surface area contributed by atoms with Crippen LogP contribution < -0.4 is 5.32 Å². The van der Waals surface area contributed by atoms with Gasteiger partial charge in [-0.05, 0) is 43.2 Å². The fourth-order valence-corrected chi connectivity index (χ4v) is 8.04. The SMILES string of the molecule is CC12NCCN1C(c1ccco1)Cc1c2sc2c1C(=O)CC(c1ccco1)S2. The Morgan fingerprint density at radius 3 is 2.71 bits per heavy atom. The van der Waals surface area contributed by atoms with E-state index >= 15 is 0 Å². The number of thiophene rings is 1. The number of Topliss-reactive ketones (excluding diaryl/α,β-unsaturated/α-hetero) is 1. The molecule has 3 aliphatic heterocycles. The first kappa shape index (κ1) is 17.1. The van der Waals surface area contributed by atoms with Crippen molar-refractivity contribution in [1.29, 1.82) is 0 Å². The summed E-state index contributed by atoms with van der Waals surface area (Å²) < 4.78 is 12.5. The maximum Gasteiger partial charge on any atom is 0.166 e. The summed E-state index contributed by atoms with van der Waals surface area (Å²) in [6.45, 7) is 4.15. The van der Waals surface area contributed by atoms with Crippen molar-refractivity contribution in [2.45, 2.75) is 40.9 Å². The standard InChI is InChI=1S/C21H20N2O3S2/c1-21-19-12(10-13(15-4-2-8-25-15)23(21)7-6-22-21)18-14(24)11-17(27-20(18)28-19)16-5-3-9-26-16/h2-5,8-9,13,17,22H,6-7,10-11H2,1H3. The molecule has 0 amide bonds. The highest BCUT2D eigenvalue weighted by Crippen LogP contribution is 2.56. The van der Waals surface area contributed by atoms with Crippen molar-refractivity contribution in [3.63, 3.8) is 0 Å². The van der Waals surface area contributed by atoms with E-state index in [1.54, 1.807) is 35.6 Å². The first-order valence-electron chi connectivity index (χ1n) is 9.60. The number of nitrogens with zero attached hydrogens (tertiary/aromatic N) is 1. The van der Waals surface area contributed by atoms with Gasteiger partial charge in [0.25, 0.3) is 0 Å². The third-order valence-corrected chi connectivity index (χ3v) is 9.10. The second-order valence-corrected chi connectivity index (χ2v) is 10.2. The van der Waals surface area contributed by atoms with Crippen molar-refractivity contribution in [3.05, 3.63) is 64.3 Å². The van der Waals surface area contributed by atoms with Gasteiger partial charge in [0.05, 0.1) is 28.0 Å². The summed E-state index contributed by atoms with van der Waals surface area (Å²) in [5.74, 6) is 2.10. The lowest BCUT2D eigenvalue weighted by Gasteiger charge is -2.43. The van der Waals surface area contributed by atoms with Crippen LogP contribution in [-0.2, 0) is 12.1 Å². The molecular formula is C21H20N2O3S2. The van der Waals surface area contributed by atoms with Crippen molar-refractivity contribution >= 4 is 28.9 Å². The summed E-state index contributed by atoms with van der Waals surface area (Å²) in [6, 6.07) is 8.02. The second-order valence-electron chi connectivity index (χ2n) is 7.75. The van der Waals surface area contributed by atoms with Crippen molar-refractivity contribution in [1.82, 2.24) is 10.2 Å². The Morgan fingerprint density at radius 2 is 1.96 bits per heavy atom. The molecule has 1 fully saturated rings. The second kappa shape index (κ2) is 6.10. The van der Waals surface area contributed by atoms with Gasteiger partial charge in [0, 0.05) is 30.0 Å². The minimum absolute atomic E-state index is 0.0661. The lowest BCUT2D eigenvalue weighted by Crippen LogP contribution is -2.50. The number of nitrogens with one attached hydrogen (secondary N) is 1. The predicted molar refractivity (Wildman–Crippen MR) is 108 cm³/mol. The zero-order chi connectivity index (χ0) is 18.9. The quantitative estimate of drug-likeness (QED) is 0.657. The molecule has 0 aliphatic carbocycles. The van der Waals surface area contributed by atoms with E-state index in [1.165, 1.54) is 10.4 Å². The molecule has 3 aromatic rings. The highest BCUT2D eigenvalue weighted by atomic mass is 32.2. The molecule has 0 saturated carbocycles. The van der Waals surface area contributed by atoms with Crippen LogP contribution in [0.5, 0.6) is 0 Å². The molecule has 7 heteroatoms. The minimum Gasteiger partial charge on any atom is -0.468 e. The molecule has 6 heterocycles. The number of furan rings is 2. The molecule has 28 heavy (non-hydrogen) atoms. The summed E-state index contributed by atoms with van der Waals surface area (Å²) in [6.07, 6.45) is 4.74. The molecular weight excluding hydrogens is 392 g/mol. The Morgan fingerprint density at radius 1 is 1.18 bits per heavy atom. The van der Waals surface area contributed by atoms with Crippen LogP contribution in [0.3, 0.4) is 0 Å². The molecule has 144 valence electrons. The van der Waals surface area contributed by atoms with E-state index in [4.69, 9.17) is 8.83 Å². The van der Waals surface area contributed by atoms with E-state index in [0.29, 0.717) is 6.42 Å². The number of hydrogen-bond donors (Lipinski definition) is 1. The lowest BCUT2D eigenvalue weighted by atomic mass is 9.87. The van der Waals surface area contributed by atoms with Gasteiger partial charge in [-0.1, -0.05) is 0 Å². The Balaban J connectivity index is 1.47. The zero-order valence-corrected chi connectivity index (χ0v) is 17.1. The highest BCUT2D eigenvalue weighted by Gasteiger charge is 2.51. The summed E-state index contributed by atoms with van der Waals surface area (Å²) in [5, 5.41) is 3.77. The number of rotatable bonds is 2. The zero-order valence-electron chi connectivity index (χ0n) is 15.4. The van der Waals surface area contributed by atoms with Crippen LogP contribution in [0.25, 0.3) is 0 Å². The van der Waals surface area contributed by atoms with E-state index in [9.17, 15) is 4.79 Å². The molecule has 3 atom stereocenters. The molecule has 0 aromatic carbocycles. The number of carbonyl (C=O) groups excluding carboxylic acids is 1. The van der Waals surface area contributed by atoms with E-state index < -0.39 is 0 Å². The van der Waals surface area contributed by atoms with Crippen molar-refractivity contribution in [3.8, 4) is 0 Å². The molecule has 0 radical (unpaired) electrons. The summed E-state index contributed by atoms with van der Waals surface area (Å²) in [7, 11) is 0. The maximum absolute atomic E-state index is 13.2. The Bertz CT molecular complexity index is 1040. The van der Waals surface area contributed by atoms with Gasteiger partial charge in [-0.3, -0.25) is 15.0 Å². The van der Waals surface area contributed by atoms with E-state index in [-0.39, 0.29) is 22.7 Å². The fraction of sp³-hybridized carbons (Fsp3) is 0.381. The molecule has 1 N–H and O–H groups in total. The molecule has 3 aromatic heterocycles. The van der Waals surface area contributed by atoms with Gasteiger partial charge in [-0.15, -0.1) is 23.1 Å². The molecule has 0 spiro atoms. The van der Waals surface area contributed by atoms with Gasteiger partial charge >= 0.3 is 0 Å². The monoisotopic (exact) mass is 412 g/mol.